The van der Waals surface area contributed by atoms with Crippen LogP contribution < -0.4 is 0 Å². The van der Waals surface area contributed by atoms with Crippen molar-refractivity contribution in [3.05, 3.63) is 71.8 Å². The molecule has 22 heavy (non-hydrogen) atoms. The van der Waals surface area contributed by atoms with Crippen LogP contribution >= 0.6 is 0 Å². The minimum absolute atomic E-state index is 0.586. The molecular weight excluding hydrogens is 276 g/mol. The summed E-state index contributed by atoms with van der Waals surface area (Å²) in [6.07, 6.45) is 0.670. The summed E-state index contributed by atoms with van der Waals surface area (Å²) >= 11 is 0. The summed E-state index contributed by atoms with van der Waals surface area (Å²) in [4.78, 5) is 11.8. The minimum Gasteiger partial charge on any atom is -0.423 e. The zero-order valence-electron chi connectivity index (χ0n) is 12.9. The SMILES string of the molecule is C[C@]1(Cc2ccccc2)OC(=O)O[C@]1(C)Cc1ccccc1. The first-order valence-corrected chi connectivity index (χ1v) is 7.51. The molecule has 3 heteroatoms. The fourth-order valence-corrected chi connectivity index (χ4v) is 3.02. The quantitative estimate of drug-likeness (QED) is 0.795. The molecule has 0 amide bonds. The van der Waals surface area contributed by atoms with Crippen molar-refractivity contribution < 1.29 is 14.3 Å². The van der Waals surface area contributed by atoms with E-state index >= 15 is 0 Å². The molecule has 0 aromatic heterocycles. The summed E-state index contributed by atoms with van der Waals surface area (Å²) < 4.78 is 11.2. The molecule has 0 saturated carbocycles. The lowest BCUT2D eigenvalue weighted by Crippen LogP contribution is -2.50. The number of hydrogen-bond acceptors (Lipinski definition) is 3. The molecule has 1 aliphatic rings. The topological polar surface area (TPSA) is 35.5 Å². The molecule has 0 unspecified atom stereocenters. The third-order valence-electron chi connectivity index (χ3n) is 4.50. The maximum absolute atomic E-state index is 11.8. The fraction of sp³-hybridized carbons (Fsp3) is 0.316. The Morgan fingerprint density at radius 1 is 0.727 bits per heavy atom. The van der Waals surface area contributed by atoms with Gasteiger partial charge in [0.05, 0.1) is 0 Å². The summed E-state index contributed by atoms with van der Waals surface area (Å²) in [5, 5.41) is 0. The lowest BCUT2D eigenvalue weighted by atomic mass is 9.77. The first-order valence-electron chi connectivity index (χ1n) is 7.51. The molecule has 1 heterocycles. The summed E-state index contributed by atoms with van der Waals surface area (Å²) in [5.74, 6) is 0. The van der Waals surface area contributed by atoms with E-state index in [1.54, 1.807) is 0 Å². The highest BCUT2D eigenvalue weighted by Crippen LogP contribution is 2.41. The summed E-state index contributed by atoms with van der Waals surface area (Å²) in [6, 6.07) is 20.1. The van der Waals surface area contributed by atoms with Crippen LogP contribution in [0.15, 0.2) is 60.7 Å². The predicted octanol–water partition coefficient (Wildman–Crippen LogP) is 4.16. The monoisotopic (exact) mass is 296 g/mol. The van der Waals surface area contributed by atoms with E-state index in [9.17, 15) is 4.79 Å². The van der Waals surface area contributed by atoms with Gasteiger partial charge in [-0.05, 0) is 25.0 Å². The average molecular weight is 296 g/mol. The van der Waals surface area contributed by atoms with Gasteiger partial charge < -0.3 is 9.47 Å². The number of benzene rings is 2. The van der Waals surface area contributed by atoms with Crippen LogP contribution in [0.4, 0.5) is 4.79 Å². The molecule has 114 valence electrons. The van der Waals surface area contributed by atoms with Gasteiger partial charge in [0.15, 0.2) is 11.2 Å². The zero-order chi connectivity index (χ0) is 15.6. The van der Waals surface area contributed by atoms with Crippen LogP contribution in [-0.4, -0.2) is 17.4 Å². The van der Waals surface area contributed by atoms with E-state index in [0.717, 1.165) is 11.1 Å². The van der Waals surface area contributed by atoms with Crippen molar-refractivity contribution in [2.24, 2.45) is 0 Å². The van der Waals surface area contributed by atoms with Gasteiger partial charge in [0.2, 0.25) is 0 Å². The molecule has 2 atom stereocenters. The molecule has 0 N–H and O–H groups in total. The normalized spacial score (nSPS) is 27.3. The number of rotatable bonds is 4. The van der Waals surface area contributed by atoms with Crippen molar-refractivity contribution in [2.45, 2.75) is 37.9 Å². The average Bonchev–Trinajstić information content (AvgIpc) is 2.69. The van der Waals surface area contributed by atoms with Crippen LogP contribution in [-0.2, 0) is 22.3 Å². The number of ether oxygens (including phenoxy) is 2. The second-order valence-corrected chi connectivity index (χ2v) is 6.24. The first-order chi connectivity index (χ1) is 10.5. The Bertz CT molecular complexity index is 595. The fourth-order valence-electron chi connectivity index (χ4n) is 3.02. The largest absolute Gasteiger partial charge is 0.509 e. The van der Waals surface area contributed by atoms with Crippen LogP contribution in [0.3, 0.4) is 0 Å². The van der Waals surface area contributed by atoms with Gasteiger partial charge in [-0.15, -0.1) is 0 Å². The summed E-state index contributed by atoms with van der Waals surface area (Å²) in [6.45, 7) is 3.90. The van der Waals surface area contributed by atoms with Crippen LogP contribution in [0.25, 0.3) is 0 Å². The third-order valence-corrected chi connectivity index (χ3v) is 4.50. The van der Waals surface area contributed by atoms with Crippen molar-refractivity contribution in [1.82, 2.24) is 0 Å². The number of cyclic esters (lactones) is 2. The van der Waals surface area contributed by atoms with E-state index in [4.69, 9.17) is 9.47 Å². The Hall–Kier alpha value is -2.29. The van der Waals surface area contributed by atoms with Gasteiger partial charge in [-0.2, -0.15) is 0 Å². The van der Waals surface area contributed by atoms with Crippen LogP contribution in [0.2, 0.25) is 0 Å². The molecule has 1 saturated heterocycles. The van der Waals surface area contributed by atoms with Crippen LogP contribution in [0.1, 0.15) is 25.0 Å². The van der Waals surface area contributed by atoms with E-state index < -0.39 is 17.4 Å². The Balaban J connectivity index is 1.89. The lowest BCUT2D eigenvalue weighted by Gasteiger charge is -2.36. The highest BCUT2D eigenvalue weighted by molar-refractivity contribution is 5.64. The van der Waals surface area contributed by atoms with Crippen molar-refractivity contribution in [3.63, 3.8) is 0 Å². The second kappa shape index (κ2) is 5.48. The van der Waals surface area contributed by atoms with Crippen LogP contribution in [0.5, 0.6) is 0 Å². The van der Waals surface area contributed by atoms with Crippen molar-refractivity contribution in [1.29, 1.82) is 0 Å². The van der Waals surface area contributed by atoms with Gasteiger partial charge in [-0.25, -0.2) is 4.79 Å². The van der Waals surface area contributed by atoms with E-state index in [-0.39, 0.29) is 0 Å². The maximum Gasteiger partial charge on any atom is 0.509 e. The molecule has 0 radical (unpaired) electrons. The highest BCUT2D eigenvalue weighted by atomic mass is 16.8. The molecule has 3 rings (SSSR count). The smallest absolute Gasteiger partial charge is 0.423 e. The third kappa shape index (κ3) is 2.71. The second-order valence-electron chi connectivity index (χ2n) is 6.24. The Morgan fingerprint density at radius 3 is 1.45 bits per heavy atom. The standard InChI is InChI=1S/C19H20O3/c1-18(13-15-9-5-3-6-10-15)19(2,22-17(20)21-18)14-16-11-7-4-8-12-16/h3-12H,13-14H2,1-2H3/t18-,19-/m1/s1. The number of carbonyl (C=O) groups excluding carboxylic acids is 1. The van der Waals surface area contributed by atoms with Gasteiger partial charge in [-0.1, -0.05) is 60.7 Å². The zero-order valence-corrected chi connectivity index (χ0v) is 12.9. The predicted molar refractivity (Wildman–Crippen MR) is 84.7 cm³/mol. The Morgan fingerprint density at radius 2 is 1.09 bits per heavy atom. The molecule has 1 fully saturated rings. The lowest BCUT2D eigenvalue weighted by molar-refractivity contribution is -0.0224. The molecule has 1 aliphatic heterocycles. The molecular formula is C19H20O3. The maximum atomic E-state index is 11.8. The minimum atomic E-state index is -0.693. The summed E-state index contributed by atoms with van der Waals surface area (Å²) in [5.41, 5.74) is 0.868. The number of carbonyl (C=O) groups is 1. The molecule has 0 bridgehead atoms. The molecule has 3 nitrogen and oxygen atoms in total. The molecule has 0 aliphatic carbocycles. The molecule has 2 aromatic rings. The summed E-state index contributed by atoms with van der Waals surface area (Å²) in [7, 11) is 0. The van der Waals surface area contributed by atoms with E-state index in [0.29, 0.717) is 12.8 Å². The van der Waals surface area contributed by atoms with E-state index in [1.165, 1.54) is 0 Å². The van der Waals surface area contributed by atoms with E-state index in [1.807, 2.05) is 74.5 Å². The molecule has 2 aromatic carbocycles. The number of hydrogen-bond donors (Lipinski definition) is 0. The van der Waals surface area contributed by atoms with E-state index in [2.05, 4.69) is 0 Å². The van der Waals surface area contributed by atoms with Gasteiger partial charge >= 0.3 is 6.16 Å². The van der Waals surface area contributed by atoms with Crippen LogP contribution in [0, 0.1) is 0 Å². The highest BCUT2D eigenvalue weighted by Gasteiger charge is 2.56. The van der Waals surface area contributed by atoms with Crippen molar-refractivity contribution in [2.75, 3.05) is 0 Å². The van der Waals surface area contributed by atoms with Crippen molar-refractivity contribution in [3.8, 4) is 0 Å². The Labute approximate surface area is 130 Å². The Kier molecular flexibility index (Phi) is 3.65. The van der Waals surface area contributed by atoms with Gasteiger partial charge in [0.1, 0.15) is 0 Å². The first kappa shape index (κ1) is 14.6. The molecule has 0 spiro atoms. The van der Waals surface area contributed by atoms with Gasteiger partial charge in [0.25, 0.3) is 0 Å². The van der Waals surface area contributed by atoms with Gasteiger partial charge in [-0.3, -0.25) is 0 Å². The van der Waals surface area contributed by atoms with Gasteiger partial charge in [0, 0.05) is 12.8 Å². The van der Waals surface area contributed by atoms with Crippen molar-refractivity contribution >= 4 is 6.16 Å².